The quantitative estimate of drug-likeness (QED) is 0.480. The van der Waals surface area contributed by atoms with Gasteiger partial charge < -0.3 is 18.8 Å². The van der Waals surface area contributed by atoms with Crippen molar-refractivity contribution in [3.8, 4) is 0 Å². The zero-order chi connectivity index (χ0) is 22.7. The number of hydrogen-bond acceptors (Lipinski definition) is 5. The monoisotopic (exact) mass is 444 g/mol. The molecule has 5 nitrogen and oxygen atoms in total. The second kappa shape index (κ2) is 9.28. The largest absolute Gasteiger partial charge is 0.460 e. The fourth-order valence-electron chi connectivity index (χ4n) is 4.01. The Kier molecular flexibility index (Phi) is 7.10. The molecular formula is C25H33O5P. The molecule has 0 N–H and O–H groups in total. The lowest BCUT2D eigenvalue weighted by atomic mass is 10.1. The minimum atomic E-state index is -2.94. The molecule has 1 fully saturated rings. The van der Waals surface area contributed by atoms with Crippen molar-refractivity contribution in [3.63, 3.8) is 0 Å². The summed E-state index contributed by atoms with van der Waals surface area (Å²) in [6.07, 6.45) is 0.290. The SMILES string of the molecule is CC(C)(C)OC(=O)CC1CC(CP(=O)(c2ccccc2)c2ccccc2)OC(C)(C)O1. The van der Waals surface area contributed by atoms with E-state index in [2.05, 4.69) is 0 Å². The Morgan fingerprint density at radius 2 is 1.45 bits per heavy atom. The average molecular weight is 445 g/mol. The van der Waals surface area contributed by atoms with E-state index in [-0.39, 0.29) is 24.6 Å². The van der Waals surface area contributed by atoms with Crippen molar-refractivity contribution in [2.24, 2.45) is 0 Å². The lowest BCUT2D eigenvalue weighted by molar-refractivity contribution is -0.295. The summed E-state index contributed by atoms with van der Waals surface area (Å²) in [6, 6.07) is 19.1. The van der Waals surface area contributed by atoms with Gasteiger partial charge in [-0.2, -0.15) is 0 Å². The van der Waals surface area contributed by atoms with Gasteiger partial charge in [-0.3, -0.25) is 4.79 Å². The van der Waals surface area contributed by atoms with Gasteiger partial charge in [0.15, 0.2) is 5.79 Å². The molecule has 3 rings (SSSR count). The number of hydrogen-bond donors (Lipinski definition) is 0. The molecule has 1 heterocycles. The van der Waals surface area contributed by atoms with Crippen LogP contribution in [0.3, 0.4) is 0 Å². The Balaban J connectivity index is 1.84. The second-order valence-corrected chi connectivity index (χ2v) is 12.4. The van der Waals surface area contributed by atoms with Gasteiger partial charge in [-0.05, 0) is 34.6 Å². The summed E-state index contributed by atoms with van der Waals surface area (Å²) in [6.45, 7) is 9.20. The molecule has 2 aromatic carbocycles. The van der Waals surface area contributed by atoms with Gasteiger partial charge in [-0.1, -0.05) is 60.7 Å². The van der Waals surface area contributed by atoms with Crippen LogP contribution in [0.15, 0.2) is 60.7 Å². The first kappa shape index (κ1) is 23.7. The molecule has 0 bridgehead atoms. The third-order valence-corrected chi connectivity index (χ3v) is 8.23. The van der Waals surface area contributed by atoms with E-state index in [1.807, 2.05) is 95.3 Å². The van der Waals surface area contributed by atoms with Crippen LogP contribution in [0.1, 0.15) is 47.5 Å². The minimum absolute atomic E-state index is 0.140. The summed E-state index contributed by atoms with van der Waals surface area (Å²) in [7, 11) is -2.94. The van der Waals surface area contributed by atoms with Gasteiger partial charge in [0.1, 0.15) is 12.7 Å². The van der Waals surface area contributed by atoms with Gasteiger partial charge in [-0.15, -0.1) is 0 Å². The Morgan fingerprint density at radius 3 is 1.94 bits per heavy atom. The normalized spacial score (nSPS) is 21.5. The van der Waals surface area contributed by atoms with Crippen molar-refractivity contribution >= 4 is 23.7 Å². The first-order valence-corrected chi connectivity index (χ1v) is 12.6. The Labute approximate surface area is 185 Å². The number of carbonyl (C=O) groups is 1. The standard InChI is InChI=1S/C25H33O5P/c1-24(2,3)30-23(26)17-19-16-20(29-25(4,5)28-19)18-31(27,21-12-8-6-9-13-21)22-14-10-7-11-15-22/h6-15,19-20H,16-18H2,1-5H3. The molecule has 0 amide bonds. The van der Waals surface area contributed by atoms with Crippen molar-refractivity contribution in [1.82, 2.24) is 0 Å². The number of carbonyl (C=O) groups excluding carboxylic acids is 1. The van der Waals surface area contributed by atoms with E-state index < -0.39 is 18.5 Å². The van der Waals surface area contributed by atoms with Crippen LogP contribution in [0.4, 0.5) is 0 Å². The zero-order valence-electron chi connectivity index (χ0n) is 19.0. The molecule has 168 valence electrons. The molecular weight excluding hydrogens is 411 g/mol. The van der Waals surface area contributed by atoms with E-state index in [4.69, 9.17) is 14.2 Å². The van der Waals surface area contributed by atoms with Crippen LogP contribution in [0.5, 0.6) is 0 Å². The van der Waals surface area contributed by atoms with Crippen LogP contribution < -0.4 is 10.6 Å². The van der Waals surface area contributed by atoms with Gasteiger partial charge >= 0.3 is 5.97 Å². The van der Waals surface area contributed by atoms with Crippen molar-refractivity contribution in [3.05, 3.63) is 60.7 Å². The van der Waals surface area contributed by atoms with E-state index in [1.54, 1.807) is 0 Å². The van der Waals surface area contributed by atoms with E-state index >= 15 is 0 Å². The molecule has 0 spiro atoms. The average Bonchev–Trinajstić information content (AvgIpc) is 2.66. The van der Waals surface area contributed by atoms with Crippen molar-refractivity contribution in [2.75, 3.05) is 6.16 Å². The van der Waals surface area contributed by atoms with Gasteiger partial charge in [0.25, 0.3) is 0 Å². The number of rotatable bonds is 6. The molecule has 2 atom stereocenters. The van der Waals surface area contributed by atoms with Gasteiger partial charge in [0.2, 0.25) is 0 Å². The molecule has 6 heteroatoms. The fourth-order valence-corrected chi connectivity index (χ4v) is 6.83. The van der Waals surface area contributed by atoms with E-state index in [9.17, 15) is 9.36 Å². The van der Waals surface area contributed by atoms with Gasteiger partial charge in [0.05, 0.1) is 18.6 Å². The van der Waals surface area contributed by atoms with E-state index in [0.717, 1.165) is 10.6 Å². The summed E-state index contributed by atoms with van der Waals surface area (Å²) < 4.78 is 32.0. The molecule has 0 radical (unpaired) electrons. The number of benzene rings is 2. The Bertz CT molecular complexity index is 874. The molecule has 1 aliphatic heterocycles. The first-order valence-electron chi connectivity index (χ1n) is 10.7. The highest BCUT2D eigenvalue weighted by Crippen LogP contribution is 2.46. The number of ether oxygens (including phenoxy) is 3. The summed E-state index contributed by atoms with van der Waals surface area (Å²) in [5.74, 6) is -1.18. The van der Waals surface area contributed by atoms with Crippen LogP contribution in [0.25, 0.3) is 0 Å². The van der Waals surface area contributed by atoms with Crippen LogP contribution in [0, 0.1) is 0 Å². The molecule has 2 aromatic rings. The Morgan fingerprint density at radius 1 is 0.968 bits per heavy atom. The van der Waals surface area contributed by atoms with Gasteiger partial charge in [-0.25, -0.2) is 0 Å². The minimum Gasteiger partial charge on any atom is -0.460 e. The fraction of sp³-hybridized carbons (Fsp3) is 0.480. The molecule has 0 saturated carbocycles. The van der Waals surface area contributed by atoms with Gasteiger partial charge in [0, 0.05) is 23.2 Å². The first-order chi connectivity index (χ1) is 14.5. The highest BCUT2D eigenvalue weighted by molar-refractivity contribution is 7.78. The molecule has 31 heavy (non-hydrogen) atoms. The third kappa shape index (κ3) is 6.52. The van der Waals surface area contributed by atoms with Crippen LogP contribution in [0.2, 0.25) is 0 Å². The molecule has 1 aliphatic rings. The van der Waals surface area contributed by atoms with E-state index in [0.29, 0.717) is 12.6 Å². The predicted molar refractivity (Wildman–Crippen MR) is 124 cm³/mol. The Hall–Kier alpha value is -1.94. The zero-order valence-corrected chi connectivity index (χ0v) is 19.9. The lowest BCUT2D eigenvalue weighted by Gasteiger charge is -2.41. The summed E-state index contributed by atoms with van der Waals surface area (Å²) >= 11 is 0. The summed E-state index contributed by atoms with van der Waals surface area (Å²) in [5, 5.41) is 1.61. The van der Waals surface area contributed by atoms with Crippen LogP contribution in [-0.4, -0.2) is 35.7 Å². The maximum absolute atomic E-state index is 14.4. The topological polar surface area (TPSA) is 61.8 Å². The summed E-state index contributed by atoms with van der Waals surface area (Å²) in [4.78, 5) is 12.4. The van der Waals surface area contributed by atoms with Crippen LogP contribution >= 0.6 is 7.14 Å². The van der Waals surface area contributed by atoms with Crippen molar-refractivity contribution in [1.29, 1.82) is 0 Å². The van der Waals surface area contributed by atoms with E-state index in [1.165, 1.54) is 0 Å². The molecule has 0 aromatic heterocycles. The van der Waals surface area contributed by atoms with Crippen LogP contribution in [-0.2, 0) is 23.6 Å². The lowest BCUT2D eigenvalue weighted by Crippen LogP contribution is -2.47. The van der Waals surface area contributed by atoms with Crippen molar-refractivity contribution < 1.29 is 23.6 Å². The maximum atomic E-state index is 14.4. The third-order valence-electron chi connectivity index (χ3n) is 5.05. The number of esters is 1. The molecule has 1 saturated heterocycles. The predicted octanol–water partition coefficient (Wildman–Crippen LogP) is 4.64. The second-order valence-electron chi connectivity index (χ2n) is 9.50. The molecule has 0 aliphatic carbocycles. The van der Waals surface area contributed by atoms with Crippen molar-refractivity contribution in [2.45, 2.75) is 71.1 Å². The highest BCUT2D eigenvalue weighted by Gasteiger charge is 2.41. The maximum Gasteiger partial charge on any atom is 0.308 e. The highest BCUT2D eigenvalue weighted by atomic mass is 31.2. The molecule has 2 unspecified atom stereocenters. The summed E-state index contributed by atoms with van der Waals surface area (Å²) in [5.41, 5.74) is -0.548. The smallest absolute Gasteiger partial charge is 0.308 e.